The molecule has 1 N–H and O–H groups in total. The molecule has 0 spiro atoms. The zero-order chi connectivity index (χ0) is 13.7. The second-order valence-electron chi connectivity index (χ2n) is 4.93. The first kappa shape index (κ1) is 14.7. The molecule has 1 aromatic rings. The van der Waals surface area contributed by atoms with Crippen LogP contribution in [0.4, 0.5) is 4.39 Å². The molecule has 2 atom stereocenters. The van der Waals surface area contributed by atoms with Crippen LogP contribution in [0, 0.1) is 5.82 Å². The van der Waals surface area contributed by atoms with Crippen molar-refractivity contribution in [1.82, 2.24) is 5.32 Å². The van der Waals surface area contributed by atoms with Gasteiger partial charge in [0.15, 0.2) is 0 Å². The van der Waals surface area contributed by atoms with Crippen molar-refractivity contribution in [1.29, 1.82) is 0 Å². The molecule has 2 nitrogen and oxygen atoms in total. The predicted molar refractivity (Wildman–Crippen MR) is 79.4 cm³/mol. The van der Waals surface area contributed by atoms with Crippen molar-refractivity contribution in [2.75, 3.05) is 12.9 Å². The molecule has 4 heteroatoms. The van der Waals surface area contributed by atoms with Crippen LogP contribution in [-0.4, -0.2) is 24.2 Å². The van der Waals surface area contributed by atoms with E-state index in [0.29, 0.717) is 23.9 Å². The van der Waals surface area contributed by atoms with Crippen LogP contribution in [0.5, 0.6) is 5.75 Å². The Morgan fingerprint density at radius 2 is 2.26 bits per heavy atom. The molecule has 2 rings (SSSR count). The minimum absolute atomic E-state index is 0.190. The first-order chi connectivity index (χ1) is 9.22. The quantitative estimate of drug-likeness (QED) is 0.862. The summed E-state index contributed by atoms with van der Waals surface area (Å²) in [7, 11) is 1.55. The van der Waals surface area contributed by atoms with E-state index in [1.165, 1.54) is 31.1 Å². The van der Waals surface area contributed by atoms with Crippen LogP contribution in [0.25, 0.3) is 0 Å². The molecule has 0 aliphatic heterocycles. The van der Waals surface area contributed by atoms with E-state index in [1.54, 1.807) is 13.2 Å². The van der Waals surface area contributed by atoms with Gasteiger partial charge >= 0.3 is 0 Å². The summed E-state index contributed by atoms with van der Waals surface area (Å²) in [5.74, 6) is 1.57. The summed E-state index contributed by atoms with van der Waals surface area (Å²) in [6, 6.07) is 5.59. The highest BCUT2D eigenvalue weighted by atomic mass is 32.2. The molecule has 1 aromatic carbocycles. The molecular formula is C15H22FNOS. The molecule has 0 bridgehead atoms. The molecule has 2 unspecified atom stereocenters. The van der Waals surface area contributed by atoms with Crippen LogP contribution in [0.15, 0.2) is 18.2 Å². The van der Waals surface area contributed by atoms with Crippen LogP contribution in [-0.2, 0) is 6.54 Å². The van der Waals surface area contributed by atoms with Crippen molar-refractivity contribution in [3.8, 4) is 5.75 Å². The largest absolute Gasteiger partial charge is 0.497 e. The summed E-state index contributed by atoms with van der Waals surface area (Å²) in [5.41, 5.74) is 0.715. The third kappa shape index (κ3) is 4.11. The summed E-state index contributed by atoms with van der Waals surface area (Å²) in [6.07, 6.45) is 3.69. The van der Waals surface area contributed by atoms with Crippen molar-refractivity contribution in [2.45, 2.75) is 44.0 Å². The van der Waals surface area contributed by atoms with E-state index in [9.17, 15) is 4.39 Å². The fourth-order valence-electron chi connectivity index (χ4n) is 2.57. The van der Waals surface area contributed by atoms with E-state index in [4.69, 9.17) is 4.74 Å². The fourth-order valence-corrected chi connectivity index (χ4v) is 3.71. The maximum absolute atomic E-state index is 13.8. The number of hydrogen-bond acceptors (Lipinski definition) is 3. The summed E-state index contributed by atoms with van der Waals surface area (Å²) in [6.45, 7) is 2.81. The number of hydrogen-bond donors (Lipinski definition) is 1. The maximum Gasteiger partial charge on any atom is 0.131 e. The first-order valence-electron chi connectivity index (χ1n) is 6.90. The molecule has 1 aliphatic rings. The van der Waals surface area contributed by atoms with Gasteiger partial charge in [0.1, 0.15) is 11.6 Å². The Balaban J connectivity index is 1.83. The van der Waals surface area contributed by atoms with Gasteiger partial charge in [-0.1, -0.05) is 13.0 Å². The van der Waals surface area contributed by atoms with Gasteiger partial charge in [0, 0.05) is 29.5 Å². The van der Waals surface area contributed by atoms with Crippen LogP contribution in [0.3, 0.4) is 0 Å². The molecule has 1 aliphatic carbocycles. The van der Waals surface area contributed by atoms with E-state index in [1.807, 2.05) is 17.8 Å². The molecular weight excluding hydrogens is 261 g/mol. The van der Waals surface area contributed by atoms with Crippen molar-refractivity contribution < 1.29 is 9.13 Å². The lowest BCUT2D eigenvalue weighted by Gasteiger charge is -2.13. The molecule has 0 saturated heterocycles. The second-order valence-corrected chi connectivity index (χ2v) is 6.50. The van der Waals surface area contributed by atoms with Gasteiger partial charge in [0.25, 0.3) is 0 Å². The van der Waals surface area contributed by atoms with Gasteiger partial charge in [-0.3, -0.25) is 0 Å². The highest BCUT2D eigenvalue weighted by Crippen LogP contribution is 2.30. The SMILES string of the molecule is CCSC1CCC(NCc2ccc(OC)cc2F)C1. The number of nitrogens with one attached hydrogen (secondary N) is 1. The first-order valence-corrected chi connectivity index (χ1v) is 7.95. The standard InChI is InChI=1S/C15H22FNOS/c1-3-19-14-7-5-12(8-14)17-10-11-4-6-13(18-2)9-15(11)16/h4,6,9,12,14,17H,3,5,7-8,10H2,1-2H3. The van der Waals surface area contributed by atoms with Crippen LogP contribution < -0.4 is 10.1 Å². The normalized spacial score (nSPS) is 22.7. The van der Waals surface area contributed by atoms with Gasteiger partial charge in [-0.15, -0.1) is 0 Å². The van der Waals surface area contributed by atoms with Crippen LogP contribution >= 0.6 is 11.8 Å². The topological polar surface area (TPSA) is 21.3 Å². The average molecular weight is 283 g/mol. The number of halogens is 1. The van der Waals surface area contributed by atoms with Crippen molar-refractivity contribution in [2.24, 2.45) is 0 Å². The average Bonchev–Trinajstić information content (AvgIpc) is 2.85. The molecule has 0 aromatic heterocycles. The van der Waals surface area contributed by atoms with Crippen molar-refractivity contribution in [3.63, 3.8) is 0 Å². The lowest BCUT2D eigenvalue weighted by molar-refractivity contribution is 0.410. The van der Waals surface area contributed by atoms with Crippen LogP contribution in [0.2, 0.25) is 0 Å². The minimum Gasteiger partial charge on any atom is -0.497 e. The third-order valence-corrected chi connectivity index (χ3v) is 4.86. The molecule has 19 heavy (non-hydrogen) atoms. The zero-order valence-corrected chi connectivity index (χ0v) is 12.4. The van der Waals surface area contributed by atoms with Gasteiger partial charge in [-0.25, -0.2) is 4.39 Å². The molecule has 0 heterocycles. The van der Waals surface area contributed by atoms with Gasteiger partial charge in [0.2, 0.25) is 0 Å². The Hall–Kier alpha value is -0.740. The Morgan fingerprint density at radius 3 is 2.95 bits per heavy atom. The van der Waals surface area contributed by atoms with E-state index in [2.05, 4.69) is 12.2 Å². The van der Waals surface area contributed by atoms with E-state index < -0.39 is 0 Å². The Kier molecular flexibility index (Phi) is 5.52. The smallest absolute Gasteiger partial charge is 0.131 e. The number of benzene rings is 1. The lowest BCUT2D eigenvalue weighted by atomic mass is 10.1. The number of ether oxygens (including phenoxy) is 1. The minimum atomic E-state index is -0.190. The van der Waals surface area contributed by atoms with Crippen molar-refractivity contribution in [3.05, 3.63) is 29.6 Å². The van der Waals surface area contributed by atoms with E-state index in [-0.39, 0.29) is 5.82 Å². The Bertz CT molecular complexity index is 413. The Morgan fingerprint density at radius 1 is 1.42 bits per heavy atom. The van der Waals surface area contributed by atoms with Crippen LogP contribution in [0.1, 0.15) is 31.7 Å². The zero-order valence-electron chi connectivity index (χ0n) is 11.6. The predicted octanol–water partition coefficient (Wildman–Crippen LogP) is 3.60. The third-order valence-electron chi connectivity index (χ3n) is 3.63. The second kappa shape index (κ2) is 7.15. The van der Waals surface area contributed by atoms with Crippen molar-refractivity contribution >= 4 is 11.8 Å². The molecule has 1 saturated carbocycles. The summed E-state index contributed by atoms with van der Waals surface area (Å²) in [5, 5.41) is 4.25. The van der Waals surface area contributed by atoms with E-state index >= 15 is 0 Å². The van der Waals surface area contributed by atoms with E-state index in [0.717, 1.165) is 5.25 Å². The van der Waals surface area contributed by atoms with Gasteiger partial charge < -0.3 is 10.1 Å². The van der Waals surface area contributed by atoms with Gasteiger partial charge in [0.05, 0.1) is 7.11 Å². The fraction of sp³-hybridized carbons (Fsp3) is 0.600. The van der Waals surface area contributed by atoms with Gasteiger partial charge in [-0.05, 0) is 31.1 Å². The summed E-state index contributed by atoms with van der Waals surface area (Å²) < 4.78 is 18.8. The molecule has 0 amide bonds. The molecule has 106 valence electrons. The summed E-state index contributed by atoms with van der Waals surface area (Å²) in [4.78, 5) is 0. The highest BCUT2D eigenvalue weighted by molar-refractivity contribution is 7.99. The molecule has 0 radical (unpaired) electrons. The summed E-state index contributed by atoms with van der Waals surface area (Å²) >= 11 is 2.04. The highest BCUT2D eigenvalue weighted by Gasteiger charge is 2.24. The molecule has 1 fully saturated rings. The van der Waals surface area contributed by atoms with Gasteiger partial charge in [-0.2, -0.15) is 11.8 Å². The Labute approximate surface area is 119 Å². The number of thioether (sulfide) groups is 1. The lowest BCUT2D eigenvalue weighted by Crippen LogP contribution is -2.26. The maximum atomic E-state index is 13.8. The monoisotopic (exact) mass is 283 g/mol. The number of rotatable bonds is 6. The number of methoxy groups -OCH3 is 1.